The van der Waals surface area contributed by atoms with Gasteiger partial charge in [0, 0.05) is 10.6 Å². The zero-order valence-corrected chi connectivity index (χ0v) is 15.7. The SMILES string of the molecule is COc1cc(-c2nc3ccccc3s2)ccc1OCc1ccc(Cl)cc1. The molecule has 3 nitrogen and oxygen atoms in total. The van der Waals surface area contributed by atoms with E-state index in [1.165, 1.54) is 4.70 Å². The first kappa shape index (κ1) is 16.9. The average Bonchev–Trinajstić information content (AvgIpc) is 3.11. The number of aromatic nitrogens is 1. The van der Waals surface area contributed by atoms with Gasteiger partial charge in [-0.15, -0.1) is 11.3 Å². The molecule has 0 aliphatic heterocycles. The van der Waals surface area contributed by atoms with E-state index in [4.69, 9.17) is 26.1 Å². The van der Waals surface area contributed by atoms with Crippen molar-refractivity contribution in [1.29, 1.82) is 0 Å². The maximum absolute atomic E-state index is 5.92. The maximum atomic E-state index is 5.92. The second-order valence-electron chi connectivity index (χ2n) is 5.77. The Morgan fingerprint density at radius 2 is 1.77 bits per heavy atom. The van der Waals surface area contributed by atoms with Gasteiger partial charge in [0.05, 0.1) is 17.3 Å². The fourth-order valence-corrected chi connectivity index (χ4v) is 3.75. The van der Waals surface area contributed by atoms with Crippen molar-refractivity contribution in [3.63, 3.8) is 0 Å². The monoisotopic (exact) mass is 381 g/mol. The third kappa shape index (κ3) is 3.52. The summed E-state index contributed by atoms with van der Waals surface area (Å²) in [6.45, 7) is 0.452. The largest absolute Gasteiger partial charge is 0.493 e. The molecule has 5 heteroatoms. The molecule has 3 aromatic carbocycles. The van der Waals surface area contributed by atoms with Crippen molar-refractivity contribution in [2.75, 3.05) is 7.11 Å². The van der Waals surface area contributed by atoms with Crippen molar-refractivity contribution in [1.82, 2.24) is 4.98 Å². The minimum absolute atomic E-state index is 0.452. The van der Waals surface area contributed by atoms with Gasteiger partial charge in [0.25, 0.3) is 0 Å². The minimum atomic E-state index is 0.452. The normalized spacial score (nSPS) is 10.8. The lowest BCUT2D eigenvalue weighted by atomic mass is 10.2. The molecule has 4 aromatic rings. The molecule has 0 aliphatic carbocycles. The Balaban J connectivity index is 1.58. The third-order valence-electron chi connectivity index (χ3n) is 4.01. The Morgan fingerprint density at radius 3 is 2.54 bits per heavy atom. The molecule has 26 heavy (non-hydrogen) atoms. The van der Waals surface area contributed by atoms with Crippen LogP contribution in [0.3, 0.4) is 0 Å². The van der Waals surface area contributed by atoms with E-state index in [1.54, 1.807) is 18.4 Å². The summed E-state index contributed by atoms with van der Waals surface area (Å²) in [6.07, 6.45) is 0. The lowest BCUT2D eigenvalue weighted by Crippen LogP contribution is -1.97. The number of methoxy groups -OCH3 is 1. The lowest BCUT2D eigenvalue weighted by molar-refractivity contribution is 0.284. The van der Waals surface area contributed by atoms with Gasteiger partial charge in [-0.2, -0.15) is 0 Å². The number of fused-ring (bicyclic) bond motifs is 1. The number of nitrogens with zero attached hydrogens (tertiary/aromatic N) is 1. The van der Waals surface area contributed by atoms with Crippen LogP contribution >= 0.6 is 22.9 Å². The molecule has 0 saturated heterocycles. The minimum Gasteiger partial charge on any atom is -0.493 e. The highest BCUT2D eigenvalue weighted by Gasteiger charge is 2.11. The second kappa shape index (κ2) is 7.36. The summed E-state index contributed by atoms with van der Waals surface area (Å²) in [5.74, 6) is 1.39. The molecular weight excluding hydrogens is 366 g/mol. The summed E-state index contributed by atoms with van der Waals surface area (Å²) in [6, 6.07) is 21.6. The van der Waals surface area contributed by atoms with Crippen molar-refractivity contribution in [2.24, 2.45) is 0 Å². The molecule has 0 bridgehead atoms. The molecule has 130 valence electrons. The first-order valence-corrected chi connectivity index (χ1v) is 9.33. The van der Waals surface area contributed by atoms with Crippen LogP contribution < -0.4 is 9.47 Å². The van der Waals surface area contributed by atoms with Gasteiger partial charge in [0.2, 0.25) is 0 Å². The number of ether oxygens (including phenoxy) is 2. The number of hydrogen-bond acceptors (Lipinski definition) is 4. The first-order chi connectivity index (χ1) is 12.7. The fraction of sp³-hybridized carbons (Fsp3) is 0.0952. The van der Waals surface area contributed by atoms with E-state index in [1.807, 2.05) is 60.7 Å². The molecular formula is C21H16ClNO2S. The predicted octanol–water partition coefficient (Wildman–Crippen LogP) is 6.20. The van der Waals surface area contributed by atoms with Crippen LogP contribution in [0, 0.1) is 0 Å². The highest BCUT2D eigenvalue weighted by atomic mass is 35.5. The summed E-state index contributed by atoms with van der Waals surface area (Å²) >= 11 is 7.58. The van der Waals surface area contributed by atoms with E-state index < -0.39 is 0 Å². The third-order valence-corrected chi connectivity index (χ3v) is 5.35. The van der Waals surface area contributed by atoms with E-state index in [2.05, 4.69) is 6.07 Å². The van der Waals surface area contributed by atoms with Crippen molar-refractivity contribution < 1.29 is 9.47 Å². The molecule has 0 unspecified atom stereocenters. The van der Waals surface area contributed by atoms with E-state index in [-0.39, 0.29) is 0 Å². The van der Waals surface area contributed by atoms with Gasteiger partial charge >= 0.3 is 0 Å². The van der Waals surface area contributed by atoms with Gasteiger partial charge in [-0.05, 0) is 48.0 Å². The highest BCUT2D eigenvalue weighted by Crippen LogP contribution is 2.36. The van der Waals surface area contributed by atoms with Crippen molar-refractivity contribution in [2.45, 2.75) is 6.61 Å². The van der Waals surface area contributed by atoms with Crippen LogP contribution in [-0.4, -0.2) is 12.1 Å². The van der Waals surface area contributed by atoms with Crippen LogP contribution in [0.5, 0.6) is 11.5 Å². The van der Waals surface area contributed by atoms with Gasteiger partial charge in [-0.3, -0.25) is 0 Å². The molecule has 0 fully saturated rings. The van der Waals surface area contributed by atoms with Crippen LogP contribution in [0.1, 0.15) is 5.56 Å². The van der Waals surface area contributed by atoms with Crippen LogP contribution in [0.4, 0.5) is 0 Å². The van der Waals surface area contributed by atoms with Crippen LogP contribution in [0.2, 0.25) is 5.02 Å². The fourth-order valence-electron chi connectivity index (χ4n) is 2.66. The number of hydrogen-bond donors (Lipinski definition) is 0. The Labute approximate surface area is 160 Å². The topological polar surface area (TPSA) is 31.4 Å². The summed E-state index contributed by atoms with van der Waals surface area (Å²) in [4.78, 5) is 4.70. The number of rotatable bonds is 5. The Hall–Kier alpha value is -2.56. The average molecular weight is 382 g/mol. The molecule has 0 saturated carbocycles. The molecule has 0 atom stereocenters. The molecule has 1 heterocycles. The Morgan fingerprint density at radius 1 is 0.962 bits per heavy atom. The summed E-state index contributed by atoms with van der Waals surface area (Å²) < 4.78 is 12.6. The zero-order chi connectivity index (χ0) is 17.9. The van der Waals surface area contributed by atoms with E-state index in [9.17, 15) is 0 Å². The molecule has 0 radical (unpaired) electrons. The van der Waals surface area contributed by atoms with Gasteiger partial charge in [-0.25, -0.2) is 4.98 Å². The number of benzene rings is 3. The lowest BCUT2D eigenvalue weighted by Gasteiger charge is -2.12. The van der Waals surface area contributed by atoms with E-state index in [0.717, 1.165) is 21.7 Å². The van der Waals surface area contributed by atoms with Crippen molar-refractivity contribution in [3.8, 4) is 22.1 Å². The summed E-state index contributed by atoms with van der Waals surface area (Å²) in [7, 11) is 1.65. The zero-order valence-electron chi connectivity index (χ0n) is 14.1. The predicted molar refractivity (Wildman–Crippen MR) is 107 cm³/mol. The molecule has 0 amide bonds. The molecule has 0 spiro atoms. The second-order valence-corrected chi connectivity index (χ2v) is 7.23. The van der Waals surface area contributed by atoms with Gasteiger partial charge in [0.15, 0.2) is 11.5 Å². The van der Waals surface area contributed by atoms with Gasteiger partial charge in [0.1, 0.15) is 11.6 Å². The van der Waals surface area contributed by atoms with Gasteiger partial charge in [-0.1, -0.05) is 35.9 Å². The van der Waals surface area contributed by atoms with E-state index >= 15 is 0 Å². The quantitative estimate of drug-likeness (QED) is 0.412. The number of halogens is 1. The molecule has 0 aliphatic rings. The van der Waals surface area contributed by atoms with Crippen LogP contribution in [-0.2, 0) is 6.61 Å². The summed E-state index contributed by atoms with van der Waals surface area (Å²) in [5, 5.41) is 1.68. The van der Waals surface area contributed by atoms with E-state index in [0.29, 0.717) is 23.1 Å². The standard InChI is InChI=1S/C21H16ClNO2S/c1-24-19-12-15(21-23-17-4-2-3-5-20(17)26-21)8-11-18(19)25-13-14-6-9-16(22)10-7-14/h2-12H,13H2,1H3. The smallest absolute Gasteiger partial charge is 0.161 e. The van der Waals surface area contributed by atoms with Crippen LogP contribution in [0.15, 0.2) is 66.7 Å². The molecule has 4 rings (SSSR count). The molecule has 0 N–H and O–H groups in total. The maximum Gasteiger partial charge on any atom is 0.161 e. The van der Waals surface area contributed by atoms with Crippen LogP contribution in [0.25, 0.3) is 20.8 Å². The molecule has 1 aromatic heterocycles. The first-order valence-electron chi connectivity index (χ1n) is 8.14. The number of thiazole rings is 1. The van der Waals surface area contributed by atoms with Crippen molar-refractivity contribution in [3.05, 3.63) is 77.3 Å². The Bertz CT molecular complexity index is 1010. The van der Waals surface area contributed by atoms with Gasteiger partial charge < -0.3 is 9.47 Å². The van der Waals surface area contributed by atoms with Crippen molar-refractivity contribution >= 4 is 33.2 Å². The Kier molecular flexibility index (Phi) is 4.78. The number of para-hydroxylation sites is 1. The highest BCUT2D eigenvalue weighted by molar-refractivity contribution is 7.21. The summed E-state index contributed by atoms with van der Waals surface area (Å²) in [5.41, 5.74) is 3.07.